The number of aromatic nitrogens is 5. The van der Waals surface area contributed by atoms with E-state index in [9.17, 15) is 10.1 Å². The van der Waals surface area contributed by atoms with Crippen molar-refractivity contribution in [2.24, 2.45) is 0 Å². The lowest BCUT2D eigenvalue weighted by atomic mass is 10.1. The smallest absolute Gasteiger partial charge is 0.269 e. The minimum absolute atomic E-state index is 0.119. The molecule has 0 aliphatic rings. The van der Waals surface area contributed by atoms with Gasteiger partial charge in [-0.15, -0.1) is 0 Å². The maximum absolute atomic E-state index is 13.7. The number of pyridine rings is 1. The summed E-state index contributed by atoms with van der Waals surface area (Å²) in [4.78, 5) is 26.7. The summed E-state index contributed by atoms with van der Waals surface area (Å²) in [5, 5.41) is 19.9. The van der Waals surface area contributed by atoms with Gasteiger partial charge in [0.25, 0.3) is 14.2 Å². The third-order valence-electron chi connectivity index (χ3n) is 8.74. The molecule has 3 aromatic carbocycles. The fraction of sp³-hybridized carbons (Fsp3) is 0.231. The molecule has 6 aromatic rings. The number of halogens is 1. The molecular formula is C39H38ClN7O4Si. The Kier molecular flexibility index (Phi) is 11.1. The second-order valence-corrected chi connectivity index (χ2v) is 17.8. The van der Waals surface area contributed by atoms with Gasteiger partial charge in [-0.05, 0) is 52.2 Å². The number of carbonyl (C=O) groups is 1. The van der Waals surface area contributed by atoms with Crippen molar-refractivity contribution in [3.63, 3.8) is 0 Å². The molecule has 13 heteroatoms. The topological polar surface area (TPSA) is 137 Å². The van der Waals surface area contributed by atoms with Crippen LogP contribution >= 0.6 is 11.6 Å². The molecule has 1 unspecified atom stereocenters. The van der Waals surface area contributed by atoms with E-state index in [4.69, 9.17) is 25.5 Å². The van der Waals surface area contributed by atoms with Gasteiger partial charge in [0.1, 0.15) is 17.5 Å². The van der Waals surface area contributed by atoms with Gasteiger partial charge in [-0.25, -0.2) is 19.6 Å². The molecule has 0 spiro atoms. The van der Waals surface area contributed by atoms with Gasteiger partial charge in [0, 0.05) is 6.20 Å². The first-order valence-corrected chi connectivity index (χ1v) is 19.0. The van der Waals surface area contributed by atoms with Crippen LogP contribution in [0.2, 0.25) is 10.1 Å². The number of fused-ring (bicyclic) bond motifs is 1. The fourth-order valence-electron chi connectivity index (χ4n) is 6.23. The van der Waals surface area contributed by atoms with Crippen LogP contribution in [0.3, 0.4) is 0 Å². The zero-order valence-corrected chi connectivity index (χ0v) is 31.0. The van der Waals surface area contributed by atoms with Crippen LogP contribution in [0.5, 0.6) is 5.88 Å². The summed E-state index contributed by atoms with van der Waals surface area (Å²) in [6.45, 7) is 8.85. The van der Waals surface area contributed by atoms with E-state index in [1.807, 2.05) is 49.4 Å². The van der Waals surface area contributed by atoms with Crippen molar-refractivity contribution in [2.45, 2.75) is 38.8 Å². The number of benzene rings is 3. The lowest BCUT2D eigenvalue weighted by molar-refractivity contribution is -0.125. The number of carbonyl (C=O) groups excluding carboxylic acids is 1. The number of hydrogen-bond donors (Lipinski definition) is 1. The lowest BCUT2D eigenvalue weighted by Crippen LogP contribution is -2.66. The number of hydrogen-bond acceptors (Lipinski definition) is 9. The number of ether oxygens (including phenoxy) is 2. The Bertz CT molecular complexity index is 2150. The van der Waals surface area contributed by atoms with Crippen molar-refractivity contribution in [1.29, 1.82) is 5.26 Å². The molecule has 1 atom stereocenters. The van der Waals surface area contributed by atoms with Crippen LogP contribution in [-0.4, -0.2) is 64.9 Å². The summed E-state index contributed by atoms with van der Waals surface area (Å²) in [5.74, 6) is -0.0623. The summed E-state index contributed by atoms with van der Waals surface area (Å²) in [7, 11) is -2.79. The van der Waals surface area contributed by atoms with Gasteiger partial charge in [-0.3, -0.25) is 4.79 Å². The average molecular weight is 732 g/mol. The predicted octanol–water partition coefficient (Wildman–Crippen LogP) is 6.02. The Morgan fingerprint density at radius 1 is 0.923 bits per heavy atom. The second-order valence-electron chi connectivity index (χ2n) is 13.1. The van der Waals surface area contributed by atoms with E-state index in [1.165, 1.54) is 12.5 Å². The molecular weight excluding hydrogens is 694 g/mol. The summed E-state index contributed by atoms with van der Waals surface area (Å²) >= 11 is 6.02. The van der Waals surface area contributed by atoms with Gasteiger partial charge in [-0.1, -0.05) is 99.1 Å². The zero-order valence-electron chi connectivity index (χ0n) is 29.3. The highest BCUT2D eigenvalue weighted by Gasteiger charge is 2.50. The fourth-order valence-corrected chi connectivity index (χ4v) is 10.9. The maximum Gasteiger partial charge on any atom is 0.269 e. The number of nitrogens with zero attached hydrogens (tertiary/aromatic N) is 6. The first-order chi connectivity index (χ1) is 25.1. The second kappa shape index (κ2) is 15.8. The molecule has 1 amide bonds. The summed E-state index contributed by atoms with van der Waals surface area (Å²) < 4.78 is 21.0. The third kappa shape index (κ3) is 7.58. The Morgan fingerprint density at radius 2 is 1.63 bits per heavy atom. The molecule has 0 saturated heterocycles. The van der Waals surface area contributed by atoms with Gasteiger partial charge in [0.05, 0.1) is 48.4 Å². The molecule has 0 aliphatic carbocycles. The predicted molar refractivity (Wildman–Crippen MR) is 203 cm³/mol. The van der Waals surface area contributed by atoms with Crippen LogP contribution < -0.4 is 20.4 Å². The molecule has 0 radical (unpaired) electrons. The van der Waals surface area contributed by atoms with Crippen LogP contribution in [0.1, 0.15) is 31.9 Å². The molecule has 6 rings (SSSR count). The minimum atomic E-state index is -2.79. The van der Waals surface area contributed by atoms with Crippen LogP contribution in [0.4, 0.5) is 5.82 Å². The third-order valence-corrected chi connectivity index (χ3v) is 14.0. The number of nitrogens with one attached hydrogen (secondary N) is 1. The molecule has 264 valence electrons. The summed E-state index contributed by atoms with van der Waals surface area (Å²) in [5.41, 5.74) is 2.40. The Balaban J connectivity index is 1.24. The number of amides is 1. The SMILES string of the molecule is Cc1c(C#N)cccc1-n1ncc2c(OC(COCCO[Si](c3ccccc3)(c3ccccc3)C(C)(C)C)C(=O)Nc3ccc(Cl)cn3)ncnc21. The van der Waals surface area contributed by atoms with Gasteiger partial charge in [0.2, 0.25) is 12.0 Å². The largest absolute Gasteiger partial charge is 0.461 e. The number of anilines is 1. The van der Waals surface area contributed by atoms with Gasteiger partial charge >= 0.3 is 0 Å². The van der Waals surface area contributed by atoms with Gasteiger partial charge in [-0.2, -0.15) is 10.4 Å². The zero-order chi connectivity index (χ0) is 36.7. The van der Waals surface area contributed by atoms with Crippen LogP contribution in [-0.2, 0) is 14.0 Å². The molecule has 3 aromatic heterocycles. The van der Waals surface area contributed by atoms with E-state index in [-0.39, 0.29) is 30.7 Å². The van der Waals surface area contributed by atoms with Crippen LogP contribution in [0.15, 0.2) is 110 Å². The highest BCUT2D eigenvalue weighted by Crippen LogP contribution is 2.36. The average Bonchev–Trinajstić information content (AvgIpc) is 3.58. The van der Waals surface area contributed by atoms with E-state index < -0.39 is 20.3 Å². The molecule has 11 nitrogen and oxygen atoms in total. The van der Waals surface area contributed by atoms with Crippen molar-refractivity contribution in [2.75, 3.05) is 25.1 Å². The van der Waals surface area contributed by atoms with E-state index in [0.717, 1.165) is 15.9 Å². The van der Waals surface area contributed by atoms with Gasteiger partial charge in [0.15, 0.2) is 5.65 Å². The quantitative estimate of drug-likeness (QED) is 0.112. The minimum Gasteiger partial charge on any atom is -0.461 e. The Hall–Kier alpha value is -5.45. The van der Waals surface area contributed by atoms with Crippen molar-refractivity contribution < 1.29 is 18.7 Å². The highest BCUT2D eigenvalue weighted by atomic mass is 35.5. The highest BCUT2D eigenvalue weighted by molar-refractivity contribution is 6.99. The van der Waals surface area contributed by atoms with Crippen molar-refractivity contribution in [3.05, 3.63) is 126 Å². The molecule has 52 heavy (non-hydrogen) atoms. The lowest BCUT2D eigenvalue weighted by Gasteiger charge is -2.43. The molecule has 0 bridgehead atoms. The summed E-state index contributed by atoms with van der Waals surface area (Å²) in [6.07, 6.45) is 3.21. The Labute approximate surface area is 308 Å². The van der Waals surface area contributed by atoms with E-state index in [0.29, 0.717) is 33.1 Å². The normalized spacial score (nSPS) is 12.3. The molecule has 3 heterocycles. The van der Waals surface area contributed by atoms with Crippen LogP contribution in [0, 0.1) is 18.3 Å². The van der Waals surface area contributed by atoms with Crippen LogP contribution in [0.25, 0.3) is 16.7 Å². The van der Waals surface area contributed by atoms with Crippen molar-refractivity contribution in [3.8, 4) is 17.6 Å². The van der Waals surface area contributed by atoms with Crippen molar-refractivity contribution >= 4 is 53.1 Å². The number of rotatable bonds is 13. The molecule has 0 aliphatic heterocycles. The van der Waals surface area contributed by atoms with E-state index >= 15 is 0 Å². The molecule has 0 saturated carbocycles. The molecule has 1 N–H and O–H groups in total. The molecule has 0 fully saturated rings. The van der Waals surface area contributed by atoms with E-state index in [1.54, 1.807) is 35.1 Å². The first kappa shape index (κ1) is 36.3. The standard InChI is InChI=1S/C39H38ClN7O4Si/c1-27-28(22-41)12-11-17-33(27)47-36-32(24-45-47)38(44-26-43-36)51-34(37(48)46-35-19-18-29(40)23-42-35)25-49-20-21-50-52(39(2,3)4,30-13-7-5-8-14-30)31-15-9-6-10-16-31/h5-19,23-24,26,34H,20-21,25H2,1-4H3,(H,42,46,48). The van der Waals surface area contributed by atoms with Crippen molar-refractivity contribution in [1.82, 2.24) is 24.7 Å². The summed E-state index contributed by atoms with van der Waals surface area (Å²) in [6, 6.07) is 31.5. The Morgan fingerprint density at radius 3 is 2.27 bits per heavy atom. The van der Waals surface area contributed by atoms with E-state index in [2.05, 4.69) is 76.5 Å². The number of nitriles is 1. The monoisotopic (exact) mass is 731 g/mol. The first-order valence-electron chi connectivity index (χ1n) is 16.7. The van der Waals surface area contributed by atoms with Gasteiger partial charge < -0.3 is 19.2 Å². The maximum atomic E-state index is 13.7.